The van der Waals surface area contributed by atoms with Gasteiger partial charge in [0.15, 0.2) is 0 Å². The van der Waals surface area contributed by atoms with Crippen LogP contribution in [0.4, 0.5) is 0 Å². The lowest BCUT2D eigenvalue weighted by Crippen LogP contribution is -2.28. The molecular weight excluding hydrogens is 364 g/mol. The van der Waals surface area contributed by atoms with Gasteiger partial charge < -0.3 is 0 Å². The topological polar surface area (TPSA) is 0 Å². The lowest BCUT2D eigenvalue weighted by Gasteiger charge is -2.37. The molecular formula is C25H52S2. The highest BCUT2D eigenvalue weighted by molar-refractivity contribution is 8.16. The van der Waals surface area contributed by atoms with Gasteiger partial charge in [-0.25, -0.2) is 0 Å². The summed E-state index contributed by atoms with van der Waals surface area (Å²) in [6.07, 6.45) is 8.22. The van der Waals surface area contributed by atoms with Gasteiger partial charge in [-0.1, -0.05) is 69.2 Å². The van der Waals surface area contributed by atoms with Gasteiger partial charge in [0.25, 0.3) is 0 Å². The minimum atomic E-state index is 0.547. The molecule has 2 heteroatoms. The van der Waals surface area contributed by atoms with Crippen LogP contribution in [0.1, 0.15) is 108 Å². The molecule has 0 aliphatic heterocycles. The van der Waals surface area contributed by atoms with Gasteiger partial charge in [-0.15, -0.1) is 0 Å². The third-order valence-electron chi connectivity index (χ3n) is 5.85. The van der Waals surface area contributed by atoms with Crippen molar-refractivity contribution in [1.29, 1.82) is 0 Å². The summed E-state index contributed by atoms with van der Waals surface area (Å²) < 4.78 is 0. The van der Waals surface area contributed by atoms with E-state index < -0.39 is 0 Å². The Kier molecular flexibility index (Phi) is 14.2. The molecule has 0 unspecified atom stereocenters. The second-order valence-corrected chi connectivity index (χ2v) is 13.3. The summed E-state index contributed by atoms with van der Waals surface area (Å²) in [5, 5.41) is 1.27. The van der Waals surface area contributed by atoms with Crippen LogP contribution in [-0.2, 0) is 0 Å². The molecule has 0 aromatic carbocycles. The molecule has 0 aromatic heterocycles. The zero-order valence-electron chi connectivity index (χ0n) is 20.5. The quantitative estimate of drug-likeness (QED) is 0.181. The van der Waals surface area contributed by atoms with E-state index in [2.05, 4.69) is 92.8 Å². The summed E-state index contributed by atoms with van der Waals surface area (Å²) in [6, 6.07) is 0. The summed E-state index contributed by atoms with van der Waals surface area (Å²) in [5.41, 5.74) is 1.09. The van der Waals surface area contributed by atoms with Crippen molar-refractivity contribution in [2.45, 2.75) is 108 Å². The van der Waals surface area contributed by atoms with Crippen molar-refractivity contribution < 1.29 is 0 Å². The minimum Gasteiger partial charge on any atom is -0.150 e. The molecule has 0 nitrogen and oxygen atoms in total. The van der Waals surface area contributed by atoms with Crippen LogP contribution in [0.25, 0.3) is 0 Å². The van der Waals surface area contributed by atoms with Crippen molar-refractivity contribution in [3.63, 3.8) is 0 Å². The Hall–Kier alpha value is 0.700. The van der Waals surface area contributed by atoms with Gasteiger partial charge in [0.1, 0.15) is 0 Å². The van der Waals surface area contributed by atoms with Crippen LogP contribution < -0.4 is 0 Å². The van der Waals surface area contributed by atoms with Gasteiger partial charge in [0.05, 0.1) is 0 Å². The normalized spacial score (nSPS) is 13.6. The summed E-state index contributed by atoms with van der Waals surface area (Å²) in [5.74, 6) is 5.92. The van der Waals surface area contributed by atoms with E-state index in [0.29, 0.717) is 10.8 Å². The molecule has 0 aliphatic rings. The minimum absolute atomic E-state index is 0.547. The molecule has 0 rings (SSSR count). The lowest BCUT2D eigenvalue weighted by atomic mass is 9.74. The average molecular weight is 417 g/mol. The van der Waals surface area contributed by atoms with Crippen molar-refractivity contribution in [2.24, 2.45) is 34.5 Å². The van der Waals surface area contributed by atoms with Gasteiger partial charge in [-0.05, 0) is 84.5 Å². The van der Waals surface area contributed by atoms with Crippen molar-refractivity contribution in [2.75, 3.05) is 16.6 Å². The lowest BCUT2D eigenvalue weighted by molar-refractivity contribution is 0.204. The first-order chi connectivity index (χ1) is 12.5. The fraction of sp³-hybridized carbons (Fsp3) is 1.00. The van der Waals surface area contributed by atoms with Gasteiger partial charge >= 0.3 is 0 Å². The first-order valence-electron chi connectivity index (χ1n) is 11.6. The maximum atomic E-state index is 2.42. The molecule has 0 heterocycles. The molecule has 27 heavy (non-hydrogen) atoms. The van der Waals surface area contributed by atoms with Gasteiger partial charge in [0, 0.05) is 5.08 Å². The van der Waals surface area contributed by atoms with Crippen LogP contribution in [-0.4, -0.2) is 16.6 Å². The molecule has 0 radical (unpaired) electrons. The third kappa shape index (κ3) is 12.1. The number of rotatable bonds is 16. The van der Waals surface area contributed by atoms with Crippen LogP contribution >= 0.6 is 23.5 Å². The molecule has 0 aliphatic carbocycles. The van der Waals surface area contributed by atoms with E-state index in [1.165, 1.54) is 55.1 Å². The van der Waals surface area contributed by atoms with Crippen molar-refractivity contribution in [3.8, 4) is 0 Å². The second kappa shape index (κ2) is 13.8. The van der Waals surface area contributed by atoms with Crippen LogP contribution in [0, 0.1) is 34.5 Å². The van der Waals surface area contributed by atoms with E-state index in [-0.39, 0.29) is 0 Å². The van der Waals surface area contributed by atoms with Crippen molar-refractivity contribution in [1.82, 2.24) is 0 Å². The van der Waals surface area contributed by atoms with E-state index in [0.717, 1.165) is 23.7 Å². The van der Waals surface area contributed by atoms with Crippen LogP contribution in [0.15, 0.2) is 0 Å². The Morgan fingerprint density at radius 2 is 0.778 bits per heavy atom. The summed E-state index contributed by atoms with van der Waals surface area (Å²) in [7, 11) is 0. The largest absolute Gasteiger partial charge is 0.150 e. The van der Waals surface area contributed by atoms with Gasteiger partial charge in [-0.2, -0.15) is 23.5 Å². The predicted octanol–water partition coefficient (Wildman–Crippen LogP) is 9.39. The molecule has 0 N–H and O–H groups in total. The summed E-state index contributed by atoms with van der Waals surface area (Å²) in [6.45, 7) is 24.0. The van der Waals surface area contributed by atoms with E-state index in [1.807, 2.05) is 0 Å². The second-order valence-electron chi connectivity index (χ2n) is 10.9. The molecule has 0 spiro atoms. The summed E-state index contributed by atoms with van der Waals surface area (Å²) in [4.78, 5) is 0. The number of thioether (sulfide) groups is 2. The first-order valence-corrected chi connectivity index (χ1v) is 14.0. The maximum Gasteiger partial charge on any atom is 0.0392 e. The SMILES string of the molecule is CCC(CSCSCC(CC)(CC(C)C)CC(C)C)(CC(C)C)CC(C)C. The fourth-order valence-electron chi connectivity index (χ4n) is 5.22. The fourth-order valence-corrected chi connectivity index (χ4v) is 8.11. The molecule has 0 aromatic rings. The Labute approximate surface area is 182 Å². The van der Waals surface area contributed by atoms with Crippen molar-refractivity contribution >= 4 is 23.5 Å². The smallest absolute Gasteiger partial charge is 0.0392 e. The van der Waals surface area contributed by atoms with Crippen LogP contribution in [0.3, 0.4) is 0 Å². The van der Waals surface area contributed by atoms with Gasteiger partial charge in [-0.3, -0.25) is 0 Å². The number of hydrogen-bond acceptors (Lipinski definition) is 2. The molecule has 164 valence electrons. The monoisotopic (exact) mass is 416 g/mol. The highest BCUT2D eigenvalue weighted by Crippen LogP contribution is 2.43. The molecule has 0 fully saturated rings. The highest BCUT2D eigenvalue weighted by atomic mass is 32.2. The zero-order chi connectivity index (χ0) is 21.1. The Balaban J connectivity index is 4.71. The zero-order valence-corrected chi connectivity index (χ0v) is 22.1. The number of hydrogen-bond donors (Lipinski definition) is 0. The predicted molar refractivity (Wildman–Crippen MR) is 133 cm³/mol. The van der Waals surface area contributed by atoms with Crippen LogP contribution in [0.5, 0.6) is 0 Å². The van der Waals surface area contributed by atoms with E-state index in [9.17, 15) is 0 Å². The Morgan fingerprint density at radius 1 is 0.519 bits per heavy atom. The van der Waals surface area contributed by atoms with E-state index >= 15 is 0 Å². The molecule has 0 saturated heterocycles. The molecule has 0 amide bonds. The third-order valence-corrected chi connectivity index (χ3v) is 8.81. The Bertz CT molecular complexity index is 303. The highest BCUT2D eigenvalue weighted by Gasteiger charge is 2.31. The molecule has 0 atom stereocenters. The maximum absolute atomic E-state index is 2.42. The summed E-state index contributed by atoms with van der Waals surface area (Å²) >= 11 is 4.44. The molecule has 0 saturated carbocycles. The van der Waals surface area contributed by atoms with E-state index in [4.69, 9.17) is 0 Å². The standard InChI is InChI=1S/C25H52S2/c1-11-24(13-20(3)4,14-21(5)6)17-26-19-27-18-25(12-2,15-22(7)8)16-23(9)10/h20-23H,11-19H2,1-10H3. The van der Waals surface area contributed by atoms with Gasteiger partial charge in [0.2, 0.25) is 0 Å². The van der Waals surface area contributed by atoms with E-state index in [1.54, 1.807) is 0 Å². The average Bonchev–Trinajstić information content (AvgIpc) is 2.51. The molecule has 0 bridgehead atoms. The Morgan fingerprint density at radius 3 is 0.963 bits per heavy atom. The van der Waals surface area contributed by atoms with Crippen LogP contribution in [0.2, 0.25) is 0 Å². The first kappa shape index (κ1) is 27.7. The van der Waals surface area contributed by atoms with Crippen molar-refractivity contribution in [3.05, 3.63) is 0 Å².